The van der Waals surface area contributed by atoms with Crippen molar-refractivity contribution in [2.24, 2.45) is 0 Å². The van der Waals surface area contributed by atoms with Crippen molar-refractivity contribution in [2.45, 2.75) is 30.3 Å². The molecule has 0 bridgehead atoms. The summed E-state index contributed by atoms with van der Waals surface area (Å²) in [7, 11) is 0.683. The van der Waals surface area contributed by atoms with Gasteiger partial charge in [-0.2, -0.15) is 0 Å². The molecule has 0 aliphatic carbocycles. The first-order valence-corrected chi connectivity index (χ1v) is 7.45. The predicted molar refractivity (Wildman–Crippen MR) is 59.1 cm³/mol. The van der Waals surface area contributed by atoms with Crippen LogP contribution in [-0.4, -0.2) is 27.5 Å². The fourth-order valence-electron chi connectivity index (χ4n) is 0.972. The molecule has 0 aliphatic heterocycles. The molecular formula is C7H16BrClO3Si. The van der Waals surface area contributed by atoms with Crippen molar-refractivity contribution in [2.75, 3.05) is 14.2 Å². The lowest BCUT2D eigenvalue weighted by molar-refractivity contribution is 0.109. The summed E-state index contributed by atoms with van der Waals surface area (Å²) in [6.45, 7) is 2.11. The lowest BCUT2D eigenvalue weighted by Gasteiger charge is -2.26. The van der Waals surface area contributed by atoms with E-state index in [0.29, 0.717) is 0 Å². The van der Waals surface area contributed by atoms with E-state index in [0.717, 1.165) is 18.9 Å². The first-order chi connectivity index (χ1) is 6.10. The third kappa shape index (κ3) is 5.34. The van der Waals surface area contributed by atoms with Crippen LogP contribution in [0, 0.1) is 0 Å². The molecule has 1 unspecified atom stereocenters. The van der Waals surface area contributed by atoms with Crippen LogP contribution in [0.15, 0.2) is 0 Å². The smallest absolute Gasteiger partial charge is 0.377 e. The van der Waals surface area contributed by atoms with Gasteiger partial charge in [-0.25, -0.2) is 0 Å². The Kier molecular flexibility index (Phi) is 7.68. The van der Waals surface area contributed by atoms with Crippen LogP contribution in [0.4, 0.5) is 0 Å². The molecule has 0 aromatic rings. The fourth-order valence-corrected chi connectivity index (χ4v) is 4.18. The largest absolute Gasteiger partial charge is 0.502 e. The zero-order chi connectivity index (χ0) is 10.3. The van der Waals surface area contributed by atoms with Crippen LogP contribution in [0.1, 0.15) is 19.8 Å². The molecule has 0 aliphatic rings. The van der Waals surface area contributed by atoms with Crippen molar-refractivity contribution in [3.8, 4) is 0 Å². The van der Waals surface area contributed by atoms with Crippen LogP contribution in [0.3, 0.4) is 0 Å². The summed E-state index contributed by atoms with van der Waals surface area (Å²) in [6.07, 6.45) is 2.10. The second-order valence-corrected chi connectivity index (χ2v) is 7.25. The number of halogens is 2. The highest BCUT2D eigenvalue weighted by molar-refractivity contribution is 9.10. The molecule has 3 nitrogen and oxygen atoms in total. The van der Waals surface area contributed by atoms with Crippen molar-refractivity contribution in [3.05, 3.63) is 0 Å². The van der Waals surface area contributed by atoms with E-state index in [1.165, 1.54) is 0 Å². The fraction of sp³-hybridized carbons (Fsp3) is 1.00. The van der Waals surface area contributed by atoms with Gasteiger partial charge in [0.25, 0.3) is 0 Å². The minimum absolute atomic E-state index is 0.545. The molecule has 6 heteroatoms. The summed E-state index contributed by atoms with van der Waals surface area (Å²) in [5.41, 5.74) is 0. The van der Waals surface area contributed by atoms with Gasteiger partial charge in [0.05, 0.1) is 0 Å². The quantitative estimate of drug-likeness (QED) is 0.533. The predicted octanol–water partition coefficient (Wildman–Crippen LogP) is 2.95. The Labute approximate surface area is 94.2 Å². The van der Waals surface area contributed by atoms with Crippen molar-refractivity contribution >= 4 is 36.3 Å². The van der Waals surface area contributed by atoms with Crippen LogP contribution in [0.5, 0.6) is 0 Å². The standard InChI is InChI=1S/C7H16BrClO3Si/c1-4-5-6-13(10-2,11-3)12-7(8)9/h7H,4-6H2,1-3H3. The van der Waals surface area contributed by atoms with Crippen LogP contribution in [0.25, 0.3) is 0 Å². The normalized spacial score (nSPS) is 14.5. The molecule has 0 aromatic heterocycles. The molecule has 0 aromatic carbocycles. The second-order valence-electron chi connectivity index (χ2n) is 2.57. The second kappa shape index (κ2) is 7.20. The van der Waals surface area contributed by atoms with Crippen molar-refractivity contribution in [1.82, 2.24) is 0 Å². The number of hydrogen-bond donors (Lipinski definition) is 0. The molecule has 0 rings (SSSR count). The van der Waals surface area contributed by atoms with Crippen molar-refractivity contribution in [3.63, 3.8) is 0 Å². The molecule has 0 saturated heterocycles. The van der Waals surface area contributed by atoms with Crippen molar-refractivity contribution in [1.29, 1.82) is 0 Å². The molecule has 0 N–H and O–H groups in total. The monoisotopic (exact) mass is 290 g/mol. The Morgan fingerprint density at radius 2 is 1.92 bits per heavy atom. The summed E-state index contributed by atoms with van der Waals surface area (Å²) < 4.78 is 15.4. The van der Waals surface area contributed by atoms with Gasteiger partial charge in [-0.15, -0.1) is 0 Å². The molecule has 0 heterocycles. The zero-order valence-corrected chi connectivity index (χ0v) is 11.5. The average molecular weight is 292 g/mol. The SMILES string of the molecule is CCCC[Si](OC)(OC)OC(Cl)Br. The van der Waals surface area contributed by atoms with Crippen LogP contribution >= 0.6 is 27.5 Å². The Hall–Kier alpha value is 0.867. The van der Waals surface area contributed by atoms with E-state index >= 15 is 0 Å². The third-order valence-electron chi connectivity index (χ3n) is 1.73. The maximum Gasteiger partial charge on any atom is 0.502 e. The Bertz CT molecular complexity index is 133. The third-order valence-corrected chi connectivity index (χ3v) is 5.30. The Morgan fingerprint density at radius 1 is 1.38 bits per heavy atom. The summed E-state index contributed by atoms with van der Waals surface area (Å²) in [6, 6.07) is 0.797. The highest BCUT2D eigenvalue weighted by Gasteiger charge is 2.39. The van der Waals surface area contributed by atoms with E-state index in [4.69, 9.17) is 24.9 Å². The first-order valence-electron chi connectivity index (χ1n) is 4.16. The van der Waals surface area contributed by atoms with E-state index in [9.17, 15) is 0 Å². The summed E-state index contributed by atoms with van der Waals surface area (Å²) in [5, 5.41) is 0. The van der Waals surface area contributed by atoms with Crippen molar-refractivity contribution < 1.29 is 13.3 Å². The maximum absolute atomic E-state index is 5.67. The van der Waals surface area contributed by atoms with Gasteiger partial charge >= 0.3 is 8.80 Å². The summed E-state index contributed by atoms with van der Waals surface area (Å²) in [4.78, 5) is 0. The topological polar surface area (TPSA) is 27.7 Å². The lowest BCUT2D eigenvalue weighted by atomic mass is 10.4. The molecule has 0 fully saturated rings. The summed E-state index contributed by atoms with van der Waals surface area (Å²) in [5.74, 6) is 0. The van der Waals surface area contributed by atoms with E-state index in [-0.39, 0.29) is 0 Å². The maximum atomic E-state index is 5.67. The molecule has 0 saturated carbocycles. The Balaban J connectivity index is 4.13. The minimum Gasteiger partial charge on any atom is -0.377 e. The number of rotatable bonds is 7. The zero-order valence-electron chi connectivity index (χ0n) is 8.18. The van der Waals surface area contributed by atoms with Crippen LogP contribution in [-0.2, 0) is 13.3 Å². The van der Waals surface area contributed by atoms with Crippen LogP contribution < -0.4 is 0 Å². The molecule has 0 amide bonds. The number of alkyl halides is 2. The number of hydrogen-bond acceptors (Lipinski definition) is 3. The van der Waals surface area contributed by atoms with Gasteiger partial charge < -0.3 is 13.3 Å². The lowest BCUT2D eigenvalue weighted by Crippen LogP contribution is -2.44. The molecule has 0 spiro atoms. The van der Waals surface area contributed by atoms with E-state index < -0.39 is 13.3 Å². The van der Waals surface area contributed by atoms with E-state index in [1.54, 1.807) is 14.2 Å². The Morgan fingerprint density at radius 3 is 2.23 bits per heavy atom. The highest BCUT2D eigenvalue weighted by atomic mass is 79.9. The minimum atomic E-state index is -2.51. The van der Waals surface area contributed by atoms with Gasteiger partial charge in [0.15, 0.2) is 4.47 Å². The molecule has 1 atom stereocenters. The molecular weight excluding hydrogens is 276 g/mol. The van der Waals surface area contributed by atoms with E-state index in [2.05, 4.69) is 22.9 Å². The van der Waals surface area contributed by atoms with Gasteiger partial charge in [0, 0.05) is 20.3 Å². The summed E-state index contributed by atoms with van der Waals surface area (Å²) >= 11 is 8.77. The van der Waals surface area contributed by atoms with Gasteiger partial charge in [-0.1, -0.05) is 24.9 Å². The molecule has 0 radical (unpaired) electrons. The van der Waals surface area contributed by atoms with Crippen LogP contribution in [0.2, 0.25) is 6.04 Å². The number of unbranched alkanes of at least 4 members (excludes halogenated alkanes) is 1. The average Bonchev–Trinajstić information content (AvgIpc) is 2.12. The first kappa shape index (κ1) is 13.9. The van der Waals surface area contributed by atoms with Gasteiger partial charge in [0.1, 0.15) is 0 Å². The molecule has 80 valence electrons. The van der Waals surface area contributed by atoms with Gasteiger partial charge in [-0.3, -0.25) is 0 Å². The highest BCUT2D eigenvalue weighted by Crippen LogP contribution is 2.22. The molecule has 13 heavy (non-hydrogen) atoms. The van der Waals surface area contributed by atoms with Gasteiger partial charge in [0.2, 0.25) is 0 Å². The van der Waals surface area contributed by atoms with E-state index in [1.807, 2.05) is 0 Å². The van der Waals surface area contributed by atoms with Gasteiger partial charge in [-0.05, 0) is 22.4 Å².